The van der Waals surface area contributed by atoms with E-state index in [1.807, 2.05) is 32.6 Å². The average Bonchev–Trinajstić information content (AvgIpc) is 3.07. The quantitative estimate of drug-likeness (QED) is 0.737. The van der Waals surface area contributed by atoms with Crippen molar-refractivity contribution in [2.45, 2.75) is 65.0 Å². The van der Waals surface area contributed by atoms with Crippen LogP contribution in [-0.2, 0) is 14.8 Å². The van der Waals surface area contributed by atoms with E-state index in [1.54, 1.807) is 0 Å². The van der Waals surface area contributed by atoms with Crippen molar-refractivity contribution < 1.29 is 17.9 Å². The molecule has 3 fully saturated rings. The Bertz CT molecular complexity index is 652. The van der Waals surface area contributed by atoms with Crippen molar-refractivity contribution >= 4 is 16.1 Å². The van der Waals surface area contributed by atoms with E-state index >= 15 is 0 Å². The highest BCUT2D eigenvalue weighted by Crippen LogP contribution is 2.58. The molecule has 7 nitrogen and oxygen atoms in total. The Labute approximate surface area is 163 Å². The van der Waals surface area contributed by atoms with Gasteiger partial charge in [0.25, 0.3) is 0 Å². The predicted molar refractivity (Wildman–Crippen MR) is 105 cm³/mol. The molecule has 27 heavy (non-hydrogen) atoms. The zero-order valence-corrected chi connectivity index (χ0v) is 18.0. The molecule has 3 aliphatic rings. The van der Waals surface area contributed by atoms with E-state index in [1.165, 1.54) is 6.42 Å². The summed E-state index contributed by atoms with van der Waals surface area (Å²) < 4.78 is 32.2. The normalized spacial score (nSPS) is 29.6. The first-order valence-electron chi connectivity index (χ1n) is 10.2. The summed E-state index contributed by atoms with van der Waals surface area (Å²) in [5.41, 5.74) is -0.227. The number of amides is 1. The Morgan fingerprint density at radius 2 is 1.93 bits per heavy atom. The molecule has 0 aromatic heterocycles. The lowest BCUT2D eigenvalue weighted by Gasteiger charge is -2.34. The predicted octanol–water partition coefficient (Wildman–Crippen LogP) is 2.04. The van der Waals surface area contributed by atoms with Gasteiger partial charge in [-0.15, -0.1) is 0 Å². The molecule has 0 radical (unpaired) electrons. The third kappa shape index (κ3) is 5.35. The second-order valence-electron chi connectivity index (χ2n) is 9.61. The van der Waals surface area contributed by atoms with Gasteiger partial charge in [0.05, 0.1) is 5.75 Å². The molecule has 2 heterocycles. The lowest BCUT2D eigenvalue weighted by molar-refractivity contribution is 0.0253. The molecular formula is C19H35N3O4S. The number of ether oxygens (including phenoxy) is 1. The molecule has 0 aromatic rings. The van der Waals surface area contributed by atoms with E-state index in [-0.39, 0.29) is 23.3 Å². The molecule has 1 N–H and O–H groups in total. The van der Waals surface area contributed by atoms with Crippen LogP contribution in [0.4, 0.5) is 4.79 Å². The molecule has 0 spiro atoms. The summed E-state index contributed by atoms with van der Waals surface area (Å²) in [6.07, 6.45) is 3.36. The topological polar surface area (TPSA) is 79.0 Å². The van der Waals surface area contributed by atoms with E-state index in [0.717, 1.165) is 45.6 Å². The molecule has 2 saturated heterocycles. The Morgan fingerprint density at radius 1 is 1.26 bits per heavy atom. The van der Waals surface area contributed by atoms with Crippen molar-refractivity contribution in [2.24, 2.45) is 11.3 Å². The minimum Gasteiger partial charge on any atom is -0.444 e. The molecule has 0 bridgehead atoms. The summed E-state index contributed by atoms with van der Waals surface area (Å²) in [5.74, 6) is 0.796. The minimum atomic E-state index is -3.13. The lowest BCUT2D eigenvalue weighted by Crippen LogP contribution is -2.47. The van der Waals surface area contributed by atoms with Crippen LogP contribution in [0.25, 0.3) is 0 Å². The second-order valence-corrected chi connectivity index (χ2v) is 11.5. The Kier molecular flexibility index (Phi) is 5.81. The number of sulfonamides is 1. The highest BCUT2D eigenvalue weighted by Gasteiger charge is 2.61. The Balaban J connectivity index is 1.44. The maximum Gasteiger partial charge on any atom is 0.410 e. The van der Waals surface area contributed by atoms with Gasteiger partial charge < -0.3 is 14.5 Å². The zero-order valence-electron chi connectivity index (χ0n) is 17.2. The van der Waals surface area contributed by atoms with Crippen LogP contribution in [0.3, 0.4) is 0 Å². The number of nitrogens with zero attached hydrogens (tertiary/aromatic N) is 2. The first-order chi connectivity index (χ1) is 12.5. The third-order valence-electron chi connectivity index (χ3n) is 5.90. The summed E-state index contributed by atoms with van der Waals surface area (Å²) >= 11 is 0. The van der Waals surface area contributed by atoms with Crippen molar-refractivity contribution in [1.29, 1.82) is 0 Å². The molecule has 156 valence electrons. The van der Waals surface area contributed by atoms with Crippen LogP contribution in [0, 0.1) is 11.3 Å². The Morgan fingerprint density at radius 3 is 2.52 bits per heavy atom. The number of hydrogen-bond donors (Lipinski definition) is 1. The molecule has 8 heteroatoms. The molecule has 3 rings (SSSR count). The molecule has 1 amide bonds. The van der Waals surface area contributed by atoms with Crippen molar-refractivity contribution in [3.8, 4) is 0 Å². The number of carbonyl (C=O) groups is 1. The molecule has 2 aliphatic heterocycles. The number of piperidine rings is 2. The Hall–Kier alpha value is -0.860. The van der Waals surface area contributed by atoms with E-state index in [0.29, 0.717) is 12.3 Å². The number of likely N-dealkylation sites (tertiary alicyclic amines) is 2. The second kappa shape index (κ2) is 7.52. The van der Waals surface area contributed by atoms with Crippen LogP contribution in [-0.4, -0.2) is 74.4 Å². The van der Waals surface area contributed by atoms with Crippen molar-refractivity contribution in [2.75, 3.05) is 38.5 Å². The van der Waals surface area contributed by atoms with Gasteiger partial charge in [-0.05, 0) is 65.5 Å². The van der Waals surface area contributed by atoms with Gasteiger partial charge in [-0.2, -0.15) is 0 Å². The van der Waals surface area contributed by atoms with Crippen LogP contribution in [0.2, 0.25) is 0 Å². The third-order valence-corrected chi connectivity index (χ3v) is 7.54. The maximum absolute atomic E-state index is 12.3. The van der Waals surface area contributed by atoms with Gasteiger partial charge >= 0.3 is 6.09 Å². The fourth-order valence-corrected chi connectivity index (χ4v) is 5.94. The summed E-state index contributed by atoms with van der Waals surface area (Å²) in [6, 6.07) is 0.0622. The smallest absolute Gasteiger partial charge is 0.410 e. The maximum atomic E-state index is 12.3. The van der Waals surface area contributed by atoms with Crippen molar-refractivity contribution in [3.05, 3.63) is 0 Å². The fraction of sp³-hybridized carbons (Fsp3) is 0.947. The van der Waals surface area contributed by atoms with Crippen molar-refractivity contribution in [1.82, 2.24) is 14.5 Å². The van der Waals surface area contributed by atoms with Crippen LogP contribution in [0.5, 0.6) is 0 Å². The highest BCUT2D eigenvalue weighted by atomic mass is 32.2. The van der Waals surface area contributed by atoms with E-state index < -0.39 is 15.6 Å². The number of hydrogen-bond acceptors (Lipinski definition) is 5. The highest BCUT2D eigenvalue weighted by molar-refractivity contribution is 7.89. The van der Waals surface area contributed by atoms with Gasteiger partial charge in [-0.25, -0.2) is 17.9 Å². The lowest BCUT2D eigenvalue weighted by atomic mass is 10.0. The summed E-state index contributed by atoms with van der Waals surface area (Å²) in [5, 5.41) is 0. The minimum absolute atomic E-state index is 0.0622. The summed E-state index contributed by atoms with van der Waals surface area (Å²) in [6.45, 7) is 12.0. The van der Waals surface area contributed by atoms with Gasteiger partial charge in [-0.1, -0.05) is 6.92 Å². The number of fused-ring (bicyclic) bond motifs is 1. The van der Waals surface area contributed by atoms with Gasteiger partial charge in [-0.3, -0.25) is 0 Å². The SMILES string of the molecule is CCCS(=O)(=O)NC1CCN(C[C@@]23C[C@H]2CN(C(=O)OC(C)(C)C)C3)CC1. The van der Waals surface area contributed by atoms with E-state index in [9.17, 15) is 13.2 Å². The van der Waals surface area contributed by atoms with Gasteiger partial charge in [0.1, 0.15) is 5.60 Å². The molecular weight excluding hydrogens is 366 g/mol. The van der Waals surface area contributed by atoms with E-state index in [4.69, 9.17) is 4.74 Å². The summed E-state index contributed by atoms with van der Waals surface area (Å²) in [4.78, 5) is 16.6. The van der Waals surface area contributed by atoms with Crippen molar-refractivity contribution in [3.63, 3.8) is 0 Å². The van der Waals surface area contributed by atoms with Crippen LogP contribution < -0.4 is 4.72 Å². The van der Waals surface area contributed by atoms with Gasteiger partial charge in [0.2, 0.25) is 10.0 Å². The zero-order chi connectivity index (χ0) is 19.9. The summed E-state index contributed by atoms with van der Waals surface area (Å²) in [7, 11) is -3.13. The monoisotopic (exact) mass is 401 g/mol. The molecule has 0 unspecified atom stereocenters. The molecule has 0 aromatic carbocycles. The average molecular weight is 402 g/mol. The van der Waals surface area contributed by atoms with Crippen LogP contribution in [0.1, 0.15) is 53.4 Å². The molecule has 1 aliphatic carbocycles. The van der Waals surface area contributed by atoms with Crippen LogP contribution >= 0.6 is 0 Å². The number of rotatable bonds is 6. The standard InChI is InChI=1S/C19H35N3O4S/c1-5-10-27(24,25)20-16-6-8-21(9-7-16)13-19-11-15(19)12-22(14-19)17(23)26-18(2,3)4/h15-16,20H,5-14H2,1-4H3/t15-,19+/m0/s1. The molecule has 2 atom stereocenters. The van der Waals surface area contributed by atoms with Gasteiger partial charge in [0.15, 0.2) is 0 Å². The first-order valence-corrected chi connectivity index (χ1v) is 11.9. The first kappa shape index (κ1) is 20.9. The molecule has 1 saturated carbocycles. The number of nitrogens with one attached hydrogen (secondary N) is 1. The largest absolute Gasteiger partial charge is 0.444 e. The van der Waals surface area contributed by atoms with E-state index in [2.05, 4.69) is 9.62 Å². The fourth-order valence-electron chi connectivity index (χ4n) is 4.54. The van der Waals surface area contributed by atoms with Crippen LogP contribution in [0.15, 0.2) is 0 Å². The van der Waals surface area contributed by atoms with Gasteiger partial charge in [0, 0.05) is 31.1 Å². The number of carbonyl (C=O) groups excluding carboxylic acids is 1.